The maximum absolute atomic E-state index is 2.69. The number of piperidine rings is 2. The summed E-state index contributed by atoms with van der Waals surface area (Å²) in [7, 11) is 0. The van der Waals surface area contributed by atoms with Crippen molar-refractivity contribution >= 4 is 0 Å². The Kier molecular flexibility index (Phi) is 5.55. The van der Waals surface area contributed by atoms with Gasteiger partial charge in [-0.25, -0.2) is 0 Å². The Morgan fingerprint density at radius 3 is 2.09 bits per heavy atom. The second-order valence-corrected chi connectivity index (χ2v) is 6.88. The summed E-state index contributed by atoms with van der Waals surface area (Å²) in [4.78, 5) is 5.23. The van der Waals surface area contributed by atoms with Gasteiger partial charge in [0.1, 0.15) is 0 Å². The summed E-state index contributed by atoms with van der Waals surface area (Å²) >= 11 is 0. The molecule has 0 saturated carbocycles. The van der Waals surface area contributed by atoms with Gasteiger partial charge in [0.05, 0.1) is 6.04 Å². The molecule has 2 fully saturated rings. The van der Waals surface area contributed by atoms with Crippen molar-refractivity contribution < 1.29 is 0 Å². The fourth-order valence-electron chi connectivity index (χ4n) is 3.98. The Bertz CT molecular complexity index is 468. The van der Waals surface area contributed by atoms with E-state index in [4.69, 9.17) is 0 Å². The number of rotatable bonds is 4. The lowest BCUT2D eigenvalue weighted by atomic mass is 9.96. The van der Waals surface area contributed by atoms with E-state index < -0.39 is 0 Å². The topological polar surface area (TPSA) is 6.48 Å². The number of hydrogen-bond donors (Lipinski definition) is 0. The van der Waals surface area contributed by atoms with Gasteiger partial charge in [0.25, 0.3) is 0 Å². The van der Waals surface area contributed by atoms with Crippen LogP contribution >= 0.6 is 0 Å². The standard InChI is InChI=1S/C20H30N2/c1-18(17-21-13-7-3-8-14-21)20(19-11-5-2-6-12-19)22-15-9-4-10-16-22/h2,5-6,11-12,17,20H,3-4,7-10,13-16H2,1H3/b18-17-. The highest BCUT2D eigenvalue weighted by Crippen LogP contribution is 2.31. The van der Waals surface area contributed by atoms with Crippen LogP contribution in [0.5, 0.6) is 0 Å². The van der Waals surface area contributed by atoms with Crippen molar-refractivity contribution in [3.05, 3.63) is 47.7 Å². The van der Waals surface area contributed by atoms with Gasteiger partial charge in [0.15, 0.2) is 0 Å². The largest absolute Gasteiger partial charge is 0.377 e. The molecule has 2 nitrogen and oxygen atoms in total. The van der Waals surface area contributed by atoms with Crippen LogP contribution in [0.3, 0.4) is 0 Å². The van der Waals surface area contributed by atoms with Gasteiger partial charge in [-0.2, -0.15) is 0 Å². The van der Waals surface area contributed by atoms with Crippen molar-refractivity contribution in [1.82, 2.24) is 9.80 Å². The Morgan fingerprint density at radius 1 is 0.864 bits per heavy atom. The van der Waals surface area contributed by atoms with Gasteiger partial charge in [-0.1, -0.05) is 36.8 Å². The highest BCUT2D eigenvalue weighted by Gasteiger charge is 2.24. The molecule has 0 aliphatic carbocycles. The van der Waals surface area contributed by atoms with Crippen molar-refractivity contribution in [1.29, 1.82) is 0 Å². The zero-order chi connectivity index (χ0) is 15.2. The van der Waals surface area contributed by atoms with Crippen LogP contribution in [0.1, 0.15) is 57.1 Å². The average Bonchev–Trinajstić information content (AvgIpc) is 2.58. The van der Waals surface area contributed by atoms with Gasteiger partial charge in [-0.15, -0.1) is 0 Å². The molecule has 2 aliphatic rings. The van der Waals surface area contributed by atoms with E-state index in [2.05, 4.69) is 53.3 Å². The van der Waals surface area contributed by atoms with Crippen molar-refractivity contribution in [3.63, 3.8) is 0 Å². The Balaban J connectivity index is 1.81. The van der Waals surface area contributed by atoms with E-state index >= 15 is 0 Å². The molecule has 2 heteroatoms. The second-order valence-electron chi connectivity index (χ2n) is 6.88. The third-order valence-electron chi connectivity index (χ3n) is 5.08. The average molecular weight is 298 g/mol. The van der Waals surface area contributed by atoms with E-state index in [0.717, 1.165) is 0 Å². The number of hydrogen-bond acceptors (Lipinski definition) is 2. The van der Waals surface area contributed by atoms with Crippen LogP contribution in [0.25, 0.3) is 0 Å². The minimum Gasteiger partial charge on any atom is -0.377 e. The lowest BCUT2D eigenvalue weighted by Gasteiger charge is -2.36. The van der Waals surface area contributed by atoms with Gasteiger partial charge in [0, 0.05) is 13.1 Å². The van der Waals surface area contributed by atoms with Gasteiger partial charge >= 0.3 is 0 Å². The first-order valence-corrected chi connectivity index (χ1v) is 9.06. The summed E-state index contributed by atoms with van der Waals surface area (Å²) in [5, 5.41) is 0. The van der Waals surface area contributed by atoms with E-state index in [9.17, 15) is 0 Å². The van der Waals surface area contributed by atoms with Crippen LogP contribution in [0.4, 0.5) is 0 Å². The molecule has 2 heterocycles. The van der Waals surface area contributed by atoms with Crippen LogP contribution in [0.15, 0.2) is 42.1 Å². The van der Waals surface area contributed by atoms with Crippen LogP contribution in [0.2, 0.25) is 0 Å². The van der Waals surface area contributed by atoms with Crippen LogP contribution < -0.4 is 0 Å². The van der Waals surface area contributed by atoms with Gasteiger partial charge in [0.2, 0.25) is 0 Å². The summed E-state index contributed by atoms with van der Waals surface area (Å²) in [6, 6.07) is 11.5. The second kappa shape index (κ2) is 7.82. The van der Waals surface area contributed by atoms with Crippen LogP contribution in [-0.4, -0.2) is 36.0 Å². The van der Waals surface area contributed by atoms with E-state index in [-0.39, 0.29) is 0 Å². The van der Waals surface area contributed by atoms with Gasteiger partial charge in [-0.05, 0) is 69.5 Å². The highest BCUT2D eigenvalue weighted by atomic mass is 15.2. The van der Waals surface area contributed by atoms with E-state index in [0.29, 0.717) is 6.04 Å². The lowest BCUT2D eigenvalue weighted by molar-refractivity contribution is 0.182. The SMILES string of the molecule is C/C(=C/N1CCCCC1)C(c1ccccc1)N1CCCCC1. The van der Waals surface area contributed by atoms with Crippen molar-refractivity contribution in [2.45, 2.75) is 51.5 Å². The molecule has 0 amide bonds. The molecule has 3 rings (SSSR count). The van der Waals surface area contributed by atoms with E-state index in [1.54, 1.807) is 0 Å². The van der Waals surface area contributed by atoms with Crippen LogP contribution in [0, 0.1) is 0 Å². The third kappa shape index (κ3) is 3.92. The first kappa shape index (κ1) is 15.6. The zero-order valence-electron chi connectivity index (χ0n) is 14.0. The molecule has 1 aromatic rings. The number of likely N-dealkylation sites (tertiary alicyclic amines) is 2. The smallest absolute Gasteiger partial charge is 0.0575 e. The Hall–Kier alpha value is -1.28. The van der Waals surface area contributed by atoms with E-state index in [1.165, 1.54) is 75.8 Å². The molecule has 1 unspecified atom stereocenters. The minimum absolute atomic E-state index is 0.462. The van der Waals surface area contributed by atoms with Crippen molar-refractivity contribution in [2.75, 3.05) is 26.2 Å². The first-order valence-electron chi connectivity index (χ1n) is 9.06. The van der Waals surface area contributed by atoms with Crippen molar-refractivity contribution in [2.24, 2.45) is 0 Å². The maximum Gasteiger partial charge on any atom is 0.0575 e. The molecular weight excluding hydrogens is 268 g/mol. The van der Waals surface area contributed by atoms with Crippen LogP contribution in [-0.2, 0) is 0 Å². The summed E-state index contributed by atoms with van der Waals surface area (Å²) in [6.07, 6.45) is 10.6. The predicted molar refractivity (Wildman–Crippen MR) is 93.8 cm³/mol. The molecule has 120 valence electrons. The molecule has 0 bridgehead atoms. The van der Waals surface area contributed by atoms with E-state index in [1.807, 2.05) is 0 Å². The first-order chi connectivity index (χ1) is 10.8. The van der Waals surface area contributed by atoms with Crippen molar-refractivity contribution in [3.8, 4) is 0 Å². The molecule has 1 aromatic carbocycles. The quantitative estimate of drug-likeness (QED) is 0.801. The molecule has 2 aliphatic heterocycles. The number of benzene rings is 1. The summed E-state index contributed by atoms with van der Waals surface area (Å²) in [5.74, 6) is 0. The third-order valence-corrected chi connectivity index (χ3v) is 5.08. The van der Waals surface area contributed by atoms with Gasteiger partial charge in [-0.3, -0.25) is 4.90 Å². The molecule has 2 saturated heterocycles. The van der Waals surface area contributed by atoms with Gasteiger partial charge < -0.3 is 4.90 Å². The number of nitrogens with zero attached hydrogens (tertiary/aromatic N) is 2. The fourth-order valence-corrected chi connectivity index (χ4v) is 3.98. The highest BCUT2D eigenvalue weighted by molar-refractivity contribution is 5.27. The summed E-state index contributed by atoms with van der Waals surface area (Å²) in [6.45, 7) is 7.29. The fraction of sp³-hybridized carbons (Fsp3) is 0.600. The monoisotopic (exact) mass is 298 g/mol. The molecule has 0 N–H and O–H groups in total. The molecule has 0 aromatic heterocycles. The molecule has 0 spiro atoms. The normalized spacial score (nSPS) is 22.6. The maximum atomic E-state index is 2.69. The Labute approximate surface area is 135 Å². The molecule has 1 atom stereocenters. The molecular formula is C20H30N2. The Morgan fingerprint density at radius 2 is 1.45 bits per heavy atom. The lowest BCUT2D eigenvalue weighted by Crippen LogP contribution is -2.35. The zero-order valence-corrected chi connectivity index (χ0v) is 14.0. The molecule has 0 radical (unpaired) electrons. The summed E-state index contributed by atoms with van der Waals surface area (Å²) < 4.78 is 0. The minimum atomic E-state index is 0.462. The molecule has 22 heavy (non-hydrogen) atoms. The summed E-state index contributed by atoms with van der Waals surface area (Å²) in [5.41, 5.74) is 2.96. The predicted octanol–water partition coefficient (Wildman–Crippen LogP) is 4.60.